The number of aryl methyl sites for hydroxylation is 1. The molecule has 0 spiro atoms. The molecule has 1 saturated heterocycles. The Labute approximate surface area is 176 Å². The molecule has 3 rings (SSSR count). The molecule has 2 aromatic rings. The number of nitro groups is 1. The fourth-order valence-corrected chi connectivity index (χ4v) is 4.03. The minimum Gasteiger partial charge on any atom is -0.320 e. The molecule has 0 saturated carbocycles. The molecule has 0 unspecified atom stereocenters. The van der Waals surface area contributed by atoms with E-state index >= 15 is 0 Å². The third-order valence-electron chi connectivity index (χ3n) is 4.27. The van der Waals surface area contributed by atoms with Crippen molar-refractivity contribution >= 4 is 57.4 Å². The smallest absolute Gasteiger partial charge is 0.292 e. The second-order valence-electron chi connectivity index (χ2n) is 6.36. The van der Waals surface area contributed by atoms with Crippen molar-refractivity contribution in [1.82, 2.24) is 4.90 Å². The maximum atomic E-state index is 12.5. The van der Waals surface area contributed by atoms with Crippen molar-refractivity contribution in [3.05, 3.63) is 63.2 Å². The first kappa shape index (κ1) is 20.8. The highest BCUT2D eigenvalue weighted by Crippen LogP contribution is 2.33. The molecule has 1 fully saturated rings. The van der Waals surface area contributed by atoms with Crippen molar-refractivity contribution in [2.45, 2.75) is 18.6 Å². The van der Waals surface area contributed by atoms with Crippen LogP contribution in [0.25, 0.3) is 0 Å². The van der Waals surface area contributed by atoms with E-state index < -0.39 is 16.1 Å². The Kier molecular flexibility index (Phi) is 6.19. The maximum Gasteiger partial charge on any atom is 0.292 e. The molecule has 1 heterocycles. The fraction of sp³-hybridized carbons (Fsp3) is 0.211. The van der Waals surface area contributed by atoms with Crippen LogP contribution in [0, 0.1) is 17.0 Å². The van der Waals surface area contributed by atoms with Gasteiger partial charge < -0.3 is 5.32 Å². The Hall–Kier alpha value is -2.91. The lowest BCUT2D eigenvalue weighted by Gasteiger charge is -2.10. The van der Waals surface area contributed by atoms with Crippen LogP contribution in [0.3, 0.4) is 0 Å². The Morgan fingerprint density at radius 2 is 2.07 bits per heavy atom. The first-order valence-corrected chi connectivity index (χ1v) is 9.84. The number of thioether (sulfide) groups is 1. The van der Waals surface area contributed by atoms with Gasteiger partial charge in [0, 0.05) is 24.6 Å². The lowest BCUT2D eigenvalue weighted by atomic mass is 10.2. The number of halogens is 1. The van der Waals surface area contributed by atoms with E-state index in [4.69, 9.17) is 11.6 Å². The third-order valence-corrected chi connectivity index (χ3v) is 5.74. The van der Waals surface area contributed by atoms with Gasteiger partial charge in [0.1, 0.15) is 10.9 Å². The number of amides is 2. The van der Waals surface area contributed by atoms with E-state index in [1.807, 2.05) is 13.0 Å². The SMILES string of the molecule is Cc1ccc(Cl)cc1N=C1S[C@H](CC(=O)Nc2ccccc2[N+](=O)[O-])C(=O)N1C. The number of carbonyl (C=O) groups excluding carboxylic acids is 2. The second-order valence-corrected chi connectivity index (χ2v) is 7.96. The van der Waals surface area contributed by atoms with Crippen LogP contribution in [0.1, 0.15) is 12.0 Å². The second kappa shape index (κ2) is 8.62. The average molecular weight is 433 g/mol. The normalized spacial score (nSPS) is 17.6. The number of amidine groups is 1. The molecular weight excluding hydrogens is 416 g/mol. The summed E-state index contributed by atoms with van der Waals surface area (Å²) >= 11 is 7.19. The number of nitro benzene ring substituents is 1. The quantitative estimate of drug-likeness (QED) is 0.564. The fourth-order valence-electron chi connectivity index (χ4n) is 2.71. The Morgan fingerprint density at radius 3 is 2.79 bits per heavy atom. The molecule has 1 N–H and O–H groups in total. The van der Waals surface area contributed by atoms with E-state index in [9.17, 15) is 19.7 Å². The molecule has 1 atom stereocenters. The van der Waals surface area contributed by atoms with Gasteiger partial charge in [-0.25, -0.2) is 4.99 Å². The van der Waals surface area contributed by atoms with Crippen molar-refractivity contribution in [2.24, 2.45) is 4.99 Å². The summed E-state index contributed by atoms with van der Waals surface area (Å²) in [6.07, 6.45) is -0.132. The number of rotatable bonds is 5. The van der Waals surface area contributed by atoms with Gasteiger partial charge >= 0.3 is 0 Å². The minimum atomic E-state index is -0.666. The molecule has 0 radical (unpaired) electrons. The van der Waals surface area contributed by atoms with E-state index in [2.05, 4.69) is 10.3 Å². The summed E-state index contributed by atoms with van der Waals surface area (Å²) in [4.78, 5) is 41.3. The molecule has 0 bridgehead atoms. The van der Waals surface area contributed by atoms with Gasteiger partial charge in [-0.05, 0) is 30.7 Å². The van der Waals surface area contributed by atoms with Crippen LogP contribution in [0.2, 0.25) is 5.02 Å². The predicted molar refractivity (Wildman–Crippen MR) is 114 cm³/mol. The molecule has 1 aliphatic rings. The van der Waals surface area contributed by atoms with Crippen LogP contribution in [0.15, 0.2) is 47.5 Å². The zero-order chi connectivity index (χ0) is 21.1. The van der Waals surface area contributed by atoms with Gasteiger partial charge in [0.25, 0.3) is 5.69 Å². The van der Waals surface area contributed by atoms with Gasteiger partial charge in [-0.1, -0.05) is 41.6 Å². The number of benzene rings is 2. The number of nitrogens with zero attached hydrogens (tertiary/aromatic N) is 3. The lowest BCUT2D eigenvalue weighted by Crippen LogP contribution is -2.30. The summed E-state index contributed by atoms with van der Waals surface area (Å²) in [5.41, 5.74) is 1.43. The van der Waals surface area contributed by atoms with E-state index in [1.165, 1.54) is 34.9 Å². The summed E-state index contributed by atoms with van der Waals surface area (Å²) in [6, 6.07) is 11.1. The van der Waals surface area contributed by atoms with E-state index in [0.29, 0.717) is 15.9 Å². The number of aliphatic imine (C=N–C) groups is 1. The van der Waals surface area contributed by atoms with Crippen molar-refractivity contribution in [3.63, 3.8) is 0 Å². The number of anilines is 1. The van der Waals surface area contributed by atoms with Crippen LogP contribution in [0.5, 0.6) is 0 Å². The van der Waals surface area contributed by atoms with Crippen molar-refractivity contribution in [2.75, 3.05) is 12.4 Å². The molecule has 0 aromatic heterocycles. The number of carbonyl (C=O) groups is 2. The molecule has 150 valence electrons. The summed E-state index contributed by atoms with van der Waals surface area (Å²) < 4.78 is 0. The standard InChI is InChI=1S/C19H17ClN4O4S/c1-11-7-8-12(20)9-14(11)22-19-23(2)18(26)16(29-19)10-17(25)21-13-5-3-4-6-15(13)24(27)28/h3-9,16H,10H2,1-2H3,(H,21,25)/t16-/m1/s1. The van der Waals surface area contributed by atoms with Crippen LogP contribution in [0.4, 0.5) is 17.1 Å². The first-order chi connectivity index (χ1) is 13.8. The van der Waals surface area contributed by atoms with Gasteiger partial charge in [-0.3, -0.25) is 24.6 Å². The van der Waals surface area contributed by atoms with Crippen molar-refractivity contribution in [3.8, 4) is 0 Å². The molecule has 2 amide bonds. The maximum absolute atomic E-state index is 12.5. The summed E-state index contributed by atoms with van der Waals surface area (Å²) in [5, 5.41) is 13.9. The van der Waals surface area contributed by atoms with Gasteiger partial charge in [0.05, 0.1) is 10.6 Å². The highest BCUT2D eigenvalue weighted by molar-refractivity contribution is 8.15. The minimum absolute atomic E-state index is 0.0924. The average Bonchev–Trinajstić information content (AvgIpc) is 2.92. The summed E-state index contributed by atoms with van der Waals surface area (Å²) in [7, 11) is 1.59. The predicted octanol–water partition coefficient (Wildman–Crippen LogP) is 4.15. The van der Waals surface area contributed by atoms with Gasteiger partial charge in [0.2, 0.25) is 11.8 Å². The highest BCUT2D eigenvalue weighted by atomic mass is 35.5. The van der Waals surface area contributed by atoms with E-state index in [0.717, 1.165) is 5.56 Å². The monoisotopic (exact) mass is 432 g/mol. The summed E-state index contributed by atoms with van der Waals surface area (Å²) in [6.45, 7) is 1.88. The Morgan fingerprint density at radius 1 is 1.34 bits per heavy atom. The van der Waals surface area contributed by atoms with Crippen LogP contribution >= 0.6 is 23.4 Å². The molecule has 2 aromatic carbocycles. The van der Waals surface area contributed by atoms with Gasteiger partial charge in [0.15, 0.2) is 5.17 Å². The topological polar surface area (TPSA) is 105 Å². The van der Waals surface area contributed by atoms with Crippen LogP contribution in [-0.2, 0) is 9.59 Å². The molecule has 8 nitrogen and oxygen atoms in total. The first-order valence-electron chi connectivity index (χ1n) is 8.58. The molecule has 10 heteroatoms. The largest absolute Gasteiger partial charge is 0.320 e. The van der Waals surface area contributed by atoms with Crippen LogP contribution in [-0.4, -0.2) is 39.1 Å². The zero-order valence-electron chi connectivity index (χ0n) is 15.6. The molecule has 29 heavy (non-hydrogen) atoms. The van der Waals surface area contributed by atoms with Gasteiger partial charge in [-0.15, -0.1) is 0 Å². The van der Waals surface area contributed by atoms with Crippen molar-refractivity contribution in [1.29, 1.82) is 0 Å². The number of nitrogens with one attached hydrogen (secondary N) is 1. The lowest BCUT2D eigenvalue weighted by molar-refractivity contribution is -0.383. The summed E-state index contributed by atoms with van der Waals surface area (Å²) in [5.74, 6) is -0.745. The third kappa shape index (κ3) is 4.75. The van der Waals surface area contributed by atoms with Crippen LogP contribution < -0.4 is 5.32 Å². The Bertz CT molecular complexity index is 1030. The van der Waals surface area contributed by atoms with E-state index in [-0.39, 0.29) is 23.7 Å². The molecule has 0 aliphatic carbocycles. The highest BCUT2D eigenvalue weighted by Gasteiger charge is 2.37. The van der Waals surface area contributed by atoms with E-state index in [1.54, 1.807) is 25.2 Å². The molecular formula is C19H17ClN4O4S. The number of hydrogen-bond donors (Lipinski definition) is 1. The number of para-hydroxylation sites is 2. The van der Waals surface area contributed by atoms with Gasteiger partial charge in [-0.2, -0.15) is 0 Å². The van der Waals surface area contributed by atoms with Crippen molar-refractivity contribution < 1.29 is 14.5 Å². The zero-order valence-corrected chi connectivity index (χ0v) is 17.2. The Balaban J connectivity index is 1.73. The number of hydrogen-bond acceptors (Lipinski definition) is 6. The molecule has 1 aliphatic heterocycles.